The molecule has 1 aromatic rings. The molecule has 5 nitrogen and oxygen atoms in total. The van der Waals surface area contributed by atoms with Crippen LogP contribution >= 0.6 is 0 Å². The third kappa shape index (κ3) is 11.2. The van der Waals surface area contributed by atoms with Gasteiger partial charge < -0.3 is 14.2 Å². The minimum Gasteiger partial charge on any atom is -0.487 e. The molecule has 5 heteroatoms. The van der Waals surface area contributed by atoms with Crippen LogP contribution in [-0.2, 0) is 9.59 Å². The molecule has 170 valence electrons. The van der Waals surface area contributed by atoms with E-state index >= 15 is 0 Å². The zero-order valence-electron chi connectivity index (χ0n) is 19.7. The number of rotatable bonds is 14. The molecule has 0 aliphatic rings. The van der Waals surface area contributed by atoms with Crippen molar-refractivity contribution in [2.45, 2.75) is 99.0 Å². The topological polar surface area (TPSA) is 61.8 Å². The largest absolute Gasteiger partial charge is 0.487 e. The number of carbonyl (C=O) groups is 2. The van der Waals surface area contributed by atoms with Gasteiger partial charge in [0.2, 0.25) is 5.75 Å². The Kier molecular flexibility index (Phi) is 12.2. The highest BCUT2D eigenvalue weighted by atomic mass is 16.6. The van der Waals surface area contributed by atoms with Gasteiger partial charge in [-0.15, -0.1) is 0 Å². The molecular formula is C25H40O5. The molecule has 0 N–H and O–H groups in total. The maximum atomic E-state index is 12.4. The Morgan fingerprint density at radius 2 is 1.23 bits per heavy atom. The molecule has 0 aliphatic heterocycles. The number of para-hydroxylation sites is 1. The Morgan fingerprint density at radius 1 is 0.733 bits per heavy atom. The number of hydrogen-bond donors (Lipinski definition) is 0. The van der Waals surface area contributed by atoms with Gasteiger partial charge in [-0.25, -0.2) is 0 Å². The Balaban J connectivity index is 2.78. The Hall–Kier alpha value is -2.04. The first-order chi connectivity index (χ1) is 14.2. The zero-order valence-corrected chi connectivity index (χ0v) is 19.7. The van der Waals surface area contributed by atoms with Crippen molar-refractivity contribution < 1.29 is 23.8 Å². The Bertz CT molecular complexity index is 649. The third-order valence-electron chi connectivity index (χ3n) is 4.57. The van der Waals surface area contributed by atoms with Gasteiger partial charge in [0.05, 0.1) is 6.10 Å². The lowest BCUT2D eigenvalue weighted by molar-refractivity contribution is -0.137. The fraction of sp³-hybridized carbons (Fsp3) is 0.680. The number of ether oxygens (including phenoxy) is 3. The molecular weight excluding hydrogens is 380 g/mol. The van der Waals surface area contributed by atoms with Gasteiger partial charge in [0.1, 0.15) is 0 Å². The summed E-state index contributed by atoms with van der Waals surface area (Å²) >= 11 is 0. The Labute approximate surface area is 182 Å². The van der Waals surface area contributed by atoms with Crippen LogP contribution in [0.3, 0.4) is 0 Å². The van der Waals surface area contributed by atoms with E-state index in [9.17, 15) is 9.59 Å². The van der Waals surface area contributed by atoms with Crippen molar-refractivity contribution in [3.8, 4) is 17.2 Å². The van der Waals surface area contributed by atoms with Crippen molar-refractivity contribution in [3.05, 3.63) is 18.2 Å². The number of esters is 2. The predicted molar refractivity (Wildman–Crippen MR) is 120 cm³/mol. The molecule has 0 amide bonds. The van der Waals surface area contributed by atoms with Gasteiger partial charge in [-0.3, -0.25) is 9.59 Å². The quantitative estimate of drug-likeness (QED) is 0.190. The van der Waals surface area contributed by atoms with Crippen LogP contribution in [0.15, 0.2) is 18.2 Å². The molecule has 0 fully saturated rings. The van der Waals surface area contributed by atoms with Crippen LogP contribution in [0, 0.1) is 11.8 Å². The average Bonchev–Trinajstić information content (AvgIpc) is 2.64. The molecule has 0 spiro atoms. The summed E-state index contributed by atoms with van der Waals surface area (Å²) in [7, 11) is 0. The normalized spacial score (nSPS) is 11.2. The third-order valence-corrected chi connectivity index (χ3v) is 4.57. The van der Waals surface area contributed by atoms with Gasteiger partial charge in [-0.2, -0.15) is 0 Å². The van der Waals surface area contributed by atoms with E-state index in [1.165, 1.54) is 0 Å². The smallest absolute Gasteiger partial charge is 0.311 e. The van der Waals surface area contributed by atoms with Crippen LogP contribution in [0.5, 0.6) is 17.2 Å². The molecule has 0 radical (unpaired) electrons. The monoisotopic (exact) mass is 420 g/mol. The SMILES string of the molecule is CC(C)CCCCC(=O)Oc1cccc(OC(C)C)c1OC(=O)CCCCC(C)C. The first-order valence-corrected chi connectivity index (χ1v) is 11.4. The summed E-state index contributed by atoms with van der Waals surface area (Å²) in [6.07, 6.45) is 6.26. The van der Waals surface area contributed by atoms with Crippen LogP contribution in [0.1, 0.15) is 92.9 Å². The van der Waals surface area contributed by atoms with E-state index in [0.29, 0.717) is 30.4 Å². The first kappa shape index (κ1) is 26.0. The molecule has 1 rings (SSSR count). The summed E-state index contributed by atoms with van der Waals surface area (Å²) < 4.78 is 16.9. The molecule has 0 saturated carbocycles. The van der Waals surface area contributed by atoms with Gasteiger partial charge in [0.25, 0.3) is 0 Å². The number of benzene rings is 1. The van der Waals surface area contributed by atoms with Crippen molar-refractivity contribution in [3.63, 3.8) is 0 Å². The van der Waals surface area contributed by atoms with Crippen molar-refractivity contribution >= 4 is 11.9 Å². The first-order valence-electron chi connectivity index (χ1n) is 11.4. The van der Waals surface area contributed by atoms with Crippen molar-refractivity contribution in [1.82, 2.24) is 0 Å². The summed E-state index contributed by atoms with van der Waals surface area (Å²) in [5.41, 5.74) is 0. The summed E-state index contributed by atoms with van der Waals surface area (Å²) in [6, 6.07) is 5.10. The highest BCUT2D eigenvalue weighted by Gasteiger charge is 2.19. The molecule has 0 heterocycles. The zero-order chi connectivity index (χ0) is 22.5. The highest BCUT2D eigenvalue weighted by molar-refractivity contribution is 5.77. The molecule has 0 saturated heterocycles. The average molecular weight is 421 g/mol. The van der Waals surface area contributed by atoms with E-state index in [4.69, 9.17) is 14.2 Å². The fourth-order valence-corrected chi connectivity index (χ4v) is 3.01. The van der Waals surface area contributed by atoms with Crippen molar-refractivity contribution in [2.24, 2.45) is 11.8 Å². The van der Waals surface area contributed by atoms with Crippen molar-refractivity contribution in [1.29, 1.82) is 0 Å². The molecule has 0 aromatic heterocycles. The Morgan fingerprint density at radius 3 is 1.73 bits per heavy atom. The standard InChI is InChI=1S/C25H40O5/c1-18(2)12-7-9-16-23(26)29-22-15-11-14-21(28-20(5)6)25(22)30-24(27)17-10-8-13-19(3)4/h11,14-15,18-20H,7-10,12-13,16-17H2,1-6H3. The van der Waals surface area contributed by atoms with Crippen molar-refractivity contribution in [2.75, 3.05) is 0 Å². The fourth-order valence-electron chi connectivity index (χ4n) is 3.01. The number of unbranched alkanes of at least 4 members (excludes halogenated alkanes) is 2. The van der Waals surface area contributed by atoms with Gasteiger partial charge in [-0.1, -0.05) is 59.4 Å². The number of carbonyl (C=O) groups excluding carboxylic acids is 2. The lowest BCUT2D eigenvalue weighted by Gasteiger charge is -2.17. The lowest BCUT2D eigenvalue weighted by Crippen LogP contribution is -2.14. The summed E-state index contributed by atoms with van der Waals surface area (Å²) in [5.74, 6) is 1.41. The lowest BCUT2D eigenvalue weighted by atomic mass is 10.1. The molecule has 1 aromatic carbocycles. The van der Waals surface area contributed by atoms with Crippen LogP contribution in [0.25, 0.3) is 0 Å². The van der Waals surface area contributed by atoms with Crippen LogP contribution in [0.2, 0.25) is 0 Å². The second kappa shape index (κ2) is 14.1. The summed E-state index contributed by atoms with van der Waals surface area (Å²) in [6.45, 7) is 12.5. The van der Waals surface area contributed by atoms with Crippen LogP contribution in [-0.4, -0.2) is 18.0 Å². The van der Waals surface area contributed by atoms with Gasteiger partial charge >= 0.3 is 11.9 Å². The minimum atomic E-state index is -0.340. The van der Waals surface area contributed by atoms with E-state index in [0.717, 1.165) is 38.5 Å². The van der Waals surface area contributed by atoms with E-state index in [2.05, 4.69) is 27.7 Å². The molecule has 0 unspecified atom stereocenters. The maximum Gasteiger partial charge on any atom is 0.311 e. The summed E-state index contributed by atoms with van der Waals surface area (Å²) in [4.78, 5) is 24.7. The molecule has 30 heavy (non-hydrogen) atoms. The van der Waals surface area contributed by atoms with E-state index in [-0.39, 0.29) is 29.5 Å². The van der Waals surface area contributed by atoms with Gasteiger partial charge in [-0.05, 0) is 50.7 Å². The van der Waals surface area contributed by atoms with Crippen LogP contribution < -0.4 is 14.2 Å². The van der Waals surface area contributed by atoms with Crippen LogP contribution in [0.4, 0.5) is 0 Å². The van der Waals surface area contributed by atoms with Gasteiger partial charge in [0.15, 0.2) is 11.5 Å². The molecule has 0 aliphatic carbocycles. The van der Waals surface area contributed by atoms with Gasteiger partial charge in [0, 0.05) is 12.8 Å². The second-order valence-corrected chi connectivity index (χ2v) is 8.98. The van der Waals surface area contributed by atoms with E-state index in [1.807, 2.05) is 13.8 Å². The highest BCUT2D eigenvalue weighted by Crippen LogP contribution is 2.38. The molecule has 0 atom stereocenters. The van der Waals surface area contributed by atoms with E-state index < -0.39 is 0 Å². The molecule has 0 bridgehead atoms. The summed E-state index contributed by atoms with van der Waals surface area (Å²) in [5, 5.41) is 0. The second-order valence-electron chi connectivity index (χ2n) is 8.98. The van der Waals surface area contributed by atoms with E-state index in [1.54, 1.807) is 18.2 Å². The maximum absolute atomic E-state index is 12.4. The minimum absolute atomic E-state index is 0.101. The predicted octanol–water partition coefficient (Wildman–Crippen LogP) is 6.72. The number of hydrogen-bond acceptors (Lipinski definition) is 5.